The lowest BCUT2D eigenvalue weighted by Gasteiger charge is -2.25. The summed E-state index contributed by atoms with van der Waals surface area (Å²) in [7, 11) is 0.200. The summed E-state index contributed by atoms with van der Waals surface area (Å²) in [6.45, 7) is 13.0. The Balaban J connectivity index is 2.64. The highest BCUT2D eigenvalue weighted by atomic mass is 32.2. The Morgan fingerprint density at radius 3 is 2.00 bits per heavy atom. The molecule has 1 fully saturated rings. The summed E-state index contributed by atoms with van der Waals surface area (Å²) >= 11 is 0. The van der Waals surface area contributed by atoms with Gasteiger partial charge >= 0.3 is 12.1 Å². The van der Waals surface area contributed by atoms with E-state index in [4.69, 9.17) is 9.47 Å². The van der Waals surface area contributed by atoms with Gasteiger partial charge in [0.05, 0.1) is 0 Å². The van der Waals surface area contributed by atoms with Crippen LogP contribution in [0, 0.1) is 0 Å². The first-order chi connectivity index (χ1) is 9.37. The highest BCUT2D eigenvalue weighted by Gasteiger charge is 2.49. The summed E-state index contributed by atoms with van der Waals surface area (Å²) in [5.41, 5.74) is -1.15. The molecule has 1 rings (SSSR count). The van der Waals surface area contributed by atoms with E-state index < -0.39 is 23.3 Å². The van der Waals surface area contributed by atoms with E-state index in [-0.39, 0.29) is 16.9 Å². The first-order valence-corrected chi connectivity index (χ1v) is 8.89. The molecule has 1 saturated heterocycles. The topological polar surface area (TPSA) is 64.6 Å². The van der Waals surface area contributed by atoms with Crippen LogP contribution in [0.4, 0.5) is 4.79 Å². The number of carbonyl (C=O) groups excluding carboxylic acids is 2. The van der Waals surface area contributed by atoms with Crippen LogP contribution in [0.2, 0.25) is 0 Å². The molecule has 1 N–H and O–H groups in total. The lowest BCUT2D eigenvalue weighted by atomic mass is 10.2. The maximum Gasteiger partial charge on any atom is 0.408 e. The van der Waals surface area contributed by atoms with Crippen LogP contribution in [-0.4, -0.2) is 46.1 Å². The average molecular weight is 318 g/mol. The maximum atomic E-state index is 12.2. The Kier molecular flexibility index (Phi) is 5.58. The first kappa shape index (κ1) is 18.1. The molecule has 1 amide bonds. The predicted molar refractivity (Wildman–Crippen MR) is 85.6 cm³/mol. The number of carbonyl (C=O) groups is 2. The SMILES string of the molecule is C[C@@H]1C[S+]1C[C@H](NC(=O)OC(C)(C)C)C(=O)OC(C)(C)C. The fraction of sp³-hybridized carbons (Fsp3) is 0.867. The molecule has 0 aliphatic carbocycles. The normalized spacial score (nSPS) is 23.2. The van der Waals surface area contributed by atoms with Crippen LogP contribution in [-0.2, 0) is 25.2 Å². The molecule has 0 aromatic heterocycles. The van der Waals surface area contributed by atoms with E-state index in [1.165, 1.54) is 0 Å². The number of esters is 1. The highest BCUT2D eigenvalue weighted by molar-refractivity contribution is 8.04. The maximum absolute atomic E-state index is 12.2. The highest BCUT2D eigenvalue weighted by Crippen LogP contribution is 2.25. The minimum atomic E-state index is -0.632. The number of hydrogen-bond acceptors (Lipinski definition) is 4. The molecule has 0 aromatic carbocycles. The number of alkyl carbamates (subject to hydrolysis) is 1. The number of amides is 1. The van der Waals surface area contributed by atoms with Crippen molar-refractivity contribution < 1.29 is 19.1 Å². The second-order valence-electron chi connectivity index (χ2n) is 7.41. The van der Waals surface area contributed by atoms with Gasteiger partial charge in [-0.05, 0) is 48.5 Å². The van der Waals surface area contributed by atoms with E-state index >= 15 is 0 Å². The van der Waals surface area contributed by atoms with Gasteiger partial charge in [0, 0.05) is 10.9 Å². The lowest BCUT2D eigenvalue weighted by Crippen LogP contribution is -2.48. The standard InChI is InChI=1S/C15H27NO4S/c1-10-8-21(10)9-11(12(17)19-14(2,3)4)16-13(18)20-15(5,6)7/h10-11H,8-9H2,1-7H3/p+1/t10-,11+,21?/m1/s1. The van der Waals surface area contributed by atoms with E-state index in [0.29, 0.717) is 11.0 Å². The molecule has 21 heavy (non-hydrogen) atoms. The zero-order chi connectivity index (χ0) is 16.4. The molecule has 1 unspecified atom stereocenters. The van der Waals surface area contributed by atoms with E-state index in [0.717, 1.165) is 5.75 Å². The molecular weight excluding hydrogens is 290 g/mol. The molecule has 6 heteroatoms. The van der Waals surface area contributed by atoms with Crippen molar-refractivity contribution in [2.75, 3.05) is 11.5 Å². The predicted octanol–water partition coefficient (Wildman–Crippen LogP) is 2.24. The van der Waals surface area contributed by atoms with Crippen molar-refractivity contribution >= 4 is 23.0 Å². The Hall–Kier alpha value is -0.910. The lowest BCUT2D eigenvalue weighted by molar-refractivity contribution is -0.156. The average Bonchev–Trinajstić information content (AvgIpc) is 2.87. The molecule has 0 saturated carbocycles. The summed E-state index contributed by atoms with van der Waals surface area (Å²) in [6, 6.07) is -0.632. The molecule has 0 radical (unpaired) electrons. The smallest absolute Gasteiger partial charge is 0.408 e. The van der Waals surface area contributed by atoms with Gasteiger partial charge in [-0.2, -0.15) is 0 Å². The largest absolute Gasteiger partial charge is 0.458 e. The van der Waals surface area contributed by atoms with Crippen LogP contribution in [0.3, 0.4) is 0 Å². The number of nitrogens with one attached hydrogen (secondary N) is 1. The van der Waals surface area contributed by atoms with Crippen LogP contribution in [0.1, 0.15) is 48.5 Å². The van der Waals surface area contributed by atoms with E-state index in [9.17, 15) is 9.59 Å². The number of hydrogen-bond donors (Lipinski definition) is 1. The van der Waals surface area contributed by atoms with Gasteiger partial charge in [-0.3, -0.25) is 0 Å². The van der Waals surface area contributed by atoms with Gasteiger partial charge in [-0.15, -0.1) is 0 Å². The Morgan fingerprint density at radius 1 is 1.14 bits per heavy atom. The zero-order valence-electron chi connectivity index (χ0n) is 14.1. The molecule has 0 bridgehead atoms. The molecule has 0 spiro atoms. The molecule has 122 valence electrons. The van der Waals surface area contributed by atoms with Gasteiger partial charge in [0.25, 0.3) is 0 Å². The van der Waals surface area contributed by atoms with Crippen molar-refractivity contribution in [2.45, 2.75) is 71.0 Å². The van der Waals surface area contributed by atoms with Crippen LogP contribution < -0.4 is 5.32 Å². The summed E-state index contributed by atoms with van der Waals surface area (Å²) < 4.78 is 10.6. The molecule has 5 nitrogen and oxygen atoms in total. The third-order valence-corrected chi connectivity index (χ3v) is 5.23. The monoisotopic (exact) mass is 318 g/mol. The van der Waals surface area contributed by atoms with Gasteiger partial charge in [-0.25, -0.2) is 9.59 Å². The first-order valence-electron chi connectivity index (χ1n) is 7.26. The van der Waals surface area contributed by atoms with Crippen molar-refractivity contribution in [3.63, 3.8) is 0 Å². The van der Waals surface area contributed by atoms with E-state index in [1.54, 1.807) is 20.8 Å². The number of rotatable bonds is 4. The minimum absolute atomic E-state index is 0.200. The van der Waals surface area contributed by atoms with Crippen LogP contribution in [0.25, 0.3) is 0 Å². The van der Waals surface area contributed by atoms with Crippen LogP contribution in [0.15, 0.2) is 0 Å². The Labute approximate surface area is 130 Å². The van der Waals surface area contributed by atoms with Crippen molar-refractivity contribution in [1.29, 1.82) is 0 Å². The van der Waals surface area contributed by atoms with E-state index in [2.05, 4.69) is 12.2 Å². The minimum Gasteiger partial charge on any atom is -0.458 e. The molecular formula is C15H28NO4S+. The van der Waals surface area contributed by atoms with Crippen LogP contribution >= 0.6 is 0 Å². The molecule has 1 aliphatic heterocycles. The third kappa shape index (κ3) is 7.60. The van der Waals surface area contributed by atoms with E-state index in [1.807, 2.05) is 20.8 Å². The summed E-state index contributed by atoms with van der Waals surface area (Å²) in [5.74, 6) is 1.37. The molecule has 1 heterocycles. The quantitative estimate of drug-likeness (QED) is 0.490. The van der Waals surface area contributed by atoms with Crippen molar-refractivity contribution in [1.82, 2.24) is 5.32 Å². The molecule has 1 aliphatic rings. The molecule has 0 aromatic rings. The number of ether oxygens (including phenoxy) is 2. The van der Waals surface area contributed by atoms with Gasteiger partial charge in [-0.1, -0.05) is 0 Å². The van der Waals surface area contributed by atoms with Crippen molar-refractivity contribution in [2.24, 2.45) is 0 Å². The Bertz CT molecular complexity index is 397. The summed E-state index contributed by atoms with van der Waals surface area (Å²) in [5, 5.41) is 3.29. The fourth-order valence-corrected chi connectivity index (χ4v) is 3.63. The second kappa shape index (κ2) is 6.46. The molecule has 3 atom stereocenters. The van der Waals surface area contributed by atoms with Crippen molar-refractivity contribution in [3.05, 3.63) is 0 Å². The fourth-order valence-electron chi connectivity index (χ4n) is 1.70. The third-order valence-electron chi connectivity index (χ3n) is 2.67. The Morgan fingerprint density at radius 2 is 1.62 bits per heavy atom. The van der Waals surface area contributed by atoms with Crippen molar-refractivity contribution in [3.8, 4) is 0 Å². The zero-order valence-corrected chi connectivity index (χ0v) is 14.9. The summed E-state index contributed by atoms with van der Waals surface area (Å²) in [4.78, 5) is 24.1. The van der Waals surface area contributed by atoms with Gasteiger partial charge in [0.15, 0.2) is 17.0 Å². The van der Waals surface area contributed by atoms with Gasteiger partial charge < -0.3 is 14.8 Å². The summed E-state index contributed by atoms with van der Waals surface area (Å²) in [6.07, 6.45) is -0.573. The van der Waals surface area contributed by atoms with Gasteiger partial charge in [0.2, 0.25) is 0 Å². The van der Waals surface area contributed by atoms with Gasteiger partial charge in [0.1, 0.15) is 17.0 Å². The van der Waals surface area contributed by atoms with Crippen LogP contribution in [0.5, 0.6) is 0 Å². The second-order valence-corrected chi connectivity index (χ2v) is 9.96.